The fraction of sp³-hybridized carbons (Fsp3) is 0.238. The van der Waals surface area contributed by atoms with Crippen LogP contribution in [0, 0.1) is 6.92 Å². The molecule has 2 aromatic carbocycles. The number of hydrogen-bond donors (Lipinski definition) is 3. The van der Waals surface area contributed by atoms with Gasteiger partial charge < -0.3 is 21.1 Å². The van der Waals surface area contributed by atoms with E-state index in [1.165, 1.54) is 6.33 Å². The number of ether oxygens (including phenoxy) is 1. The molecule has 0 radical (unpaired) electrons. The first kappa shape index (κ1) is 18.5. The smallest absolute Gasteiger partial charge is 0.159 e. The van der Waals surface area contributed by atoms with Gasteiger partial charge in [-0.2, -0.15) is 0 Å². The molecule has 0 aliphatic rings. The molecule has 6 heteroatoms. The Balaban J connectivity index is 1.71. The highest BCUT2D eigenvalue weighted by atomic mass is 16.5. The van der Waals surface area contributed by atoms with Gasteiger partial charge in [-0.3, -0.25) is 0 Å². The molecule has 0 saturated heterocycles. The number of nitrogen functional groups attached to an aromatic ring is 1. The molecule has 0 bridgehead atoms. The Hall–Kier alpha value is -3.28. The summed E-state index contributed by atoms with van der Waals surface area (Å²) in [5.41, 5.74) is 9.68. The van der Waals surface area contributed by atoms with Gasteiger partial charge in [-0.1, -0.05) is 31.5 Å². The number of benzene rings is 2. The van der Waals surface area contributed by atoms with Crippen LogP contribution in [0.1, 0.15) is 25.3 Å². The number of anilines is 5. The Morgan fingerprint density at radius 3 is 2.37 bits per heavy atom. The number of unbranched alkanes of at least 4 members (excludes halogenated alkanes) is 1. The summed E-state index contributed by atoms with van der Waals surface area (Å²) in [6, 6.07) is 15.7. The van der Waals surface area contributed by atoms with Gasteiger partial charge in [0.15, 0.2) is 11.6 Å². The number of para-hydroxylation sites is 1. The average Bonchev–Trinajstić information content (AvgIpc) is 2.68. The van der Waals surface area contributed by atoms with Gasteiger partial charge >= 0.3 is 0 Å². The molecule has 0 fully saturated rings. The number of aryl methyl sites for hydroxylation is 1. The van der Waals surface area contributed by atoms with Crippen molar-refractivity contribution in [1.82, 2.24) is 9.97 Å². The molecule has 4 N–H and O–H groups in total. The van der Waals surface area contributed by atoms with Crippen LogP contribution in [0.2, 0.25) is 0 Å². The van der Waals surface area contributed by atoms with E-state index in [9.17, 15) is 0 Å². The molecular weight excluding hydrogens is 338 g/mol. The summed E-state index contributed by atoms with van der Waals surface area (Å²) in [5, 5.41) is 6.50. The second-order valence-electron chi connectivity index (χ2n) is 6.28. The predicted molar refractivity (Wildman–Crippen MR) is 111 cm³/mol. The zero-order valence-electron chi connectivity index (χ0n) is 15.7. The summed E-state index contributed by atoms with van der Waals surface area (Å²) >= 11 is 0. The molecule has 0 spiro atoms. The molecular formula is C21H25N5O. The second kappa shape index (κ2) is 8.89. The number of nitrogens with one attached hydrogen (secondary N) is 2. The molecule has 0 saturated carbocycles. The Bertz CT molecular complexity index is 880. The van der Waals surface area contributed by atoms with Crippen LogP contribution in [-0.4, -0.2) is 16.6 Å². The van der Waals surface area contributed by atoms with E-state index in [1.54, 1.807) is 0 Å². The molecule has 0 aliphatic heterocycles. The number of hydrogen-bond acceptors (Lipinski definition) is 6. The van der Waals surface area contributed by atoms with Crippen LogP contribution in [0.25, 0.3) is 0 Å². The molecule has 6 nitrogen and oxygen atoms in total. The molecule has 1 aromatic heterocycles. The van der Waals surface area contributed by atoms with E-state index >= 15 is 0 Å². The molecule has 1 heterocycles. The summed E-state index contributed by atoms with van der Waals surface area (Å²) in [7, 11) is 0. The minimum atomic E-state index is 0.462. The first-order valence-electron chi connectivity index (χ1n) is 9.10. The number of aromatic nitrogens is 2. The monoisotopic (exact) mass is 363 g/mol. The lowest BCUT2D eigenvalue weighted by molar-refractivity contribution is 0.309. The zero-order chi connectivity index (χ0) is 19.1. The third kappa shape index (κ3) is 4.88. The van der Waals surface area contributed by atoms with E-state index in [0.29, 0.717) is 17.3 Å². The van der Waals surface area contributed by atoms with Crippen molar-refractivity contribution in [3.8, 4) is 5.75 Å². The first-order chi connectivity index (χ1) is 13.2. The van der Waals surface area contributed by atoms with Crippen LogP contribution in [0.4, 0.5) is 28.7 Å². The lowest BCUT2D eigenvalue weighted by Crippen LogP contribution is -2.05. The Kier molecular flexibility index (Phi) is 6.10. The summed E-state index contributed by atoms with van der Waals surface area (Å²) in [4.78, 5) is 8.53. The molecule has 3 aromatic rings. The van der Waals surface area contributed by atoms with Gasteiger partial charge in [-0.05, 0) is 49.2 Å². The molecule has 0 unspecified atom stereocenters. The van der Waals surface area contributed by atoms with Gasteiger partial charge in [-0.25, -0.2) is 9.97 Å². The van der Waals surface area contributed by atoms with Crippen molar-refractivity contribution in [2.24, 2.45) is 0 Å². The quantitative estimate of drug-likeness (QED) is 0.487. The van der Waals surface area contributed by atoms with E-state index in [-0.39, 0.29) is 0 Å². The summed E-state index contributed by atoms with van der Waals surface area (Å²) in [6.45, 7) is 4.91. The number of nitrogens with zero attached hydrogens (tertiary/aromatic N) is 2. The minimum Gasteiger partial charge on any atom is -0.494 e. The molecule has 0 aliphatic carbocycles. The largest absolute Gasteiger partial charge is 0.494 e. The van der Waals surface area contributed by atoms with Crippen molar-refractivity contribution in [2.45, 2.75) is 26.7 Å². The topological polar surface area (TPSA) is 85.1 Å². The second-order valence-corrected chi connectivity index (χ2v) is 6.28. The van der Waals surface area contributed by atoms with Crippen LogP contribution < -0.4 is 21.1 Å². The van der Waals surface area contributed by atoms with Crippen LogP contribution >= 0.6 is 0 Å². The highest BCUT2D eigenvalue weighted by molar-refractivity contribution is 5.80. The minimum absolute atomic E-state index is 0.462. The SMILES string of the molecule is CCCCOc1ccc(Nc2ncnc(Nc3ccccc3C)c2N)cc1. The highest BCUT2D eigenvalue weighted by Crippen LogP contribution is 2.29. The van der Waals surface area contributed by atoms with Gasteiger partial charge in [0.25, 0.3) is 0 Å². The normalized spacial score (nSPS) is 10.4. The van der Waals surface area contributed by atoms with E-state index in [4.69, 9.17) is 10.5 Å². The first-order valence-corrected chi connectivity index (χ1v) is 9.10. The maximum Gasteiger partial charge on any atom is 0.159 e. The van der Waals surface area contributed by atoms with Crippen molar-refractivity contribution in [3.05, 3.63) is 60.4 Å². The predicted octanol–water partition coefficient (Wildman–Crippen LogP) is 5.03. The fourth-order valence-corrected chi connectivity index (χ4v) is 2.54. The van der Waals surface area contributed by atoms with Gasteiger partial charge in [0.2, 0.25) is 0 Å². The Morgan fingerprint density at radius 1 is 0.963 bits per heavy atom. The lowest BCUT2D eigenvalue weighted by atomic mass is 10.2. The van der Waals surface area contributed by atoms with E-state index < -0.39 is 0 Å². The lowest BCUT2D eigenvalue weighted by Gasteiger charge is -2.14. The molecule has 0 amide bonds. The Labute approximate surface area is 159 Å². The highest BCUT2D eigenvalue weighted by Gasteiger charge is 2.09. The molecule has 140 valence electrons. The van der Waals surface area contributed by atoms with Gasteiger partial charge in [0.1, 0.15) is 17.8 Å². The van der Waals surface area contributed by atoms with Crippen LogP contribution in [0.5, 0.6) is 5.75 Å². The molecule has 27 heavy (non-hydrogen) atoms. The van der Waals surface area contributed by atoms with Crippen LogP contribution in [-0.2, 0) is 0 Å². The summed E-state index contributed by atoms with van der Waals surface area (Å²) < 4.78 is 5.68. The molecule has 0 atom stereocenters. The summed E-state index contributed by atoms with van der Waals surface area (Å²) in [5.74, 6) is 1.98. The van der Waals surface area contributed by atoms with Gasteiger partial charge in [0.05, 0.1) is 6.61 Å². The van der Waals surface area contributed by atoms with Crippen LogP contribution in [0.3, 0.4) is 0 Å². The van der Waals surface area contributed by atoms with Crippen molar-refractivity contribution in [2.75, 3.05) is 23.0 Å². The van der Waals surface area contributed by atoms with Crippen LogP contribution in [0.15, 0.2) is 54.9 Å². The van der Waals surface area contributed by atoms with Crippen molar-refractivity contribution >= 4 is 28.7 Å². The third-order valence-corrected chi connectivity index (χ3v) is 4.17. The third-order valence-electron chi connectivity index (χ3n) is 4.17. The number of nitrogens with two attached hydrogens (primary N) is 1. The van der Waals surface area contributed by atoms with Crippen molar-refractivity contribution < 1.29 is 4.74 Å². The number of rotatable bonds is 8. The van der Waals surface area contributed by atoms with Crippen molar-refractivity contribution in [1.29, 1.82) is 0 Å². The van der Waals surface area contributed by atoms with E-state index in [2.05, 4.69) is 27.5 Å². The zero-order valence-corrected chi connectivity index (χ0v) is 15.7. The Morgan fingerprint density at radius 2 is 1.67 bits per heavy atom. The average molecular weight is 363 g/mol. The maximum atomic E-state index is 6.27. The van der Waals surface area contributed by atoms with Gasteiger partial charge in [-0.15, -0.1) is 0 Å². The molecule has 3 rings (SSSR count). The van der Waals surface area contributed by atoms with E-state index in [0.717, 1.165) is 42.1 Å². The maximum absolute atomic E-state index is 6.27. The summed E-state index contributed by atoms with van der Waals surface area (Å²) in [6.07, 6.45) is 3.65. The standard InChI is InChI=1S/C21H25N5O/c1-3-4-13-27-17-11-9-16(10-12-17)25-20-19(22)21(24-14-23-20)26-18-8-6-5-7-15(18)2/h5-12,14H,3-4,13,22H2,1-2H3,(H2,23,24,25,26). The fourth-order valence-electron chi connectivity index (χ4n) is 2.54. The van der Waals surface area contributed by atoms with Crippen molar-refractivity contribution in [3.63, 3.8) is 0 Å². The van der Waals surface area contributed by atoms with E-state index in [1.807, 2.05) is 55.5 Å². The van der Waals surface area contributed by atoms with Gasteiger partial charge in [0, 0.05) is 11.4 Å².